The molecule has 0 aliphatic heterocycles. The normalized spacial score (nSPS) is 12.5. The zero-order valence-corrected chi connectivity index (χ0v) is 17.5. The van der Waals surface area contributed by atoms with Crippen molar-refractivity contribution in [3.8, 4) is 0 Å². The van der Waals surface area contributed by atoms with Crippen molar-refractivity contribution in [3.63, 3.8) is 0 Å². The monoisotopic (exact) mass is 407 g/mol. The molecule has 7 nitrogen and oxygen atoms in total. The molecule has 0 aromatic heterocycles. The maximum absolute atomic E-state index is 12.5. The van der Waals surface area contributed by atoms with Crippen molar-refractivity contribution in [2.24, 2.45) is 0 Å². The third kappa shape index (κ3) is 7.20. The zero-order chi connectivity index (χ0) is 18.9. The molecule has 9 heteroatoms. The van der Waals surface area contributed by atoms with E-state index in [4.69, 9.17) is 4.74 Å². The Morgan fingerprint density at radius 1 is 1.19 bits per heavy atom. The molecule has 0 radical (unpaired) electrons. The van der Waals surface area contributed by atoms with E-state index in [0.717, 1.165) is 5.56 Å². The Hall–Kier alpha value is -1.19. The van der Waals surface area contributed by atoms with Gasteiger partial charge in [-0.15, -0.1) is 12.4 Å². The summed E-state index contributed by atoms with van der Waals surface area (Å²) in [7, 11) is -1.85. The van der Waals surface area contributed by atoms with E-state index in [1.165, 1.54) is 4.31 Å². The fourth-order valence-corrected chi connectivity index (χ4v) is 3.85. The Morgan fingerprint density at radius 3 is 2.27 bits per heavy atom. The number of methoxy groups -OCH3 is 1. The van der Waals surface area contributed by atoms with Crippen LogP contribution in [0.15, 0.2) is 29.2 Å². The lowest BCUT2D eigenvalue weighted by molar-refractivity contribution is -0.120. The third-order valence-electron chi connectivity index (χ3n) is 3.87. The molecule has 0 aliphatic carbocycles. The number of benzene rings is 1. The van der Waals surface area contributed by atoms with Gasteiger partial charge in [-0.25, -0.2) is 8.42 Å². The first-order valence-electron chi connectivity index (χ1n) is 8.45. The molecule has 0 heterocycles. The Balaban J connectivity index is 0.00000625. The number of rotatable bonds is 11. The number of nitrogens with one attached hydrogen (secondary N) is 2. The SMILES string of the molecule is CCN(CC)S(=O)(=O)c1ccc(C(C)NC(=O)CNCCOC)cc1.Cl. The van der Waals surface area contributed by atoms with Crippen LogP contribution >= 0.6 is 12.4 Å². The number of hydrogen-bond acceptors (Lipinski definition) is 5. The number of halogens is 1. The molecule has 0 saturated carbocycles. The van der Waals surface area contributed by atoms with Gasteiger partial charge < -0.3 is 15.4 Å². The van der Waals surface area contributed by atoms with Crippen molar-refractivity contribution in [3.05, 3.63) is 29.8 Å². The van der Waals surface area contributed by atoms with Gasteiger partial charge in [0, 0.05) is 26.7 Å². The molecule has 150 valence electrons. The molecule has 1 amide bonds. The van der Waals surface area contributed by atoms with E-state index in [0.29, 0.717) is 26.2 Å². The standard InChI is InChI=1S/C17H29N3O4S.ClH/c1-5-20(6-2)25(22,23)16-9-7-15(8-10-16)14(3)19-17(21)13-18-11-12-24-4;/h7-10,14,18H,5-6,11-13H2,1-4H3,(H,19,21);1H. The molecule has 1 aromatic rings. The fourth-order valence-electron chi connectivity index (χ4n) is 2.39. The van der Waals surface area contributed by atoms with Gasteiger partial charge in [-0.05, 0) is 24.6 Å². The molecule has 1 aromatic carbocycles. The summed E-state index contributed by atoms with van der Waals surface area (Å²) in [4.78, 5) is 12.1. The first-order valence-corrected chi connectivity index (χ1v) is 9.89. The van der Waals surface area contributed by atoms with Gasteiger partial charge >= 0.3 is 0 Å². The molecule has 1 rings (SSSR count). The van der Waals surface area contributed by atoms with Crippen LogP contribution in [-0.4, -0.2) is 58.5 Å². The van der Waals surface area contributed by atoms with Crippen molar-refractivity contribution >= 4 is 28.3 Å². The number of amides is 1. The molecule has 0 spiro atoms. The lowest BCUT2D eigenvalue weighted by Crippen LogP contribution is -2.36. The third-order valence-corrected chi connectivity index (χ3v) is 5.93. The molecule has 0 fully saturated rings. The van der Waals surface area contributed by atoms with E-state index in [1.54, 1.807) is 31.4 Å². The average Bonchev–Trinajstić information content (AvgIpc) is 2.59. The summed E-state index contributed by atoms with van der Waals surface area (Å²) in [5, 5.41) is 5.85. The zero-order valence-electron chi connectivity index (χ0n) is 15.8. The summed E-state index contributed by atoms with van der Waals surface area (Å²) in [5.74, 6) is -0.122. The van der Waals surface area contributed by atoms with Gasteiger partial charge in [0.2, 0.25) is 15.9 Å². The van der Waals surface area contributed by atoms with Crippen LogP contribution < -0.4 is 10.6 Å². The molecular formula is C17H30ClN3O4S. The lowest BCUT2D eigenvalue weighted by atomic mass is 10.1. The van der Waals surface area contributed by atoms with Crippen LogP contribution in [0.5, 0.6) is 0 Å². The van der Waals surface area contributed by atoms with E-state index in [-0.39, 0.29) is 35.8 Å². The number of ether oxygens (including phenoxy) is 1. The lowest BCUT2D eigenvalue weighted by Gasteiger charge is -2.19. The van der Waals surface area contributed by atoms with Crippen molar-refractivity contribution in [2.45, 2.75) is 31.7 Å². The van der Waals surface area contributed by atoms with E-state index in [9.17, 15) is 13.2 Å². The van der Waals surface area contributed by atoms with Crippen molar-refractivity contribution < 1.29 is 17.9 Å². The molecule has 0 bridgehead atoms. The largest absolute Gasteiger partial charge is 0.383 e. The van der Waals surface area contributed by atoms with Crippen LogP contribution in [0.2, 0.25) is 0 Å². The minimum Gasteiger partial charge on any atom is -0.383 e. The Morgan fingerprint density at radius 2 is 1.77 bits per heavy atom. The number of carbonyl (C=O) groups is 1. The van der Waals surface area contributed by atoms with E-state index >= 15 is 0 Å². The van der Waals surface area contributed by atoms with E-state index in [1.807, 2.05) is 20.8 Å². The quantitative estimate of drug-likeness (QED) is 0.543. The van der Waals surface area contributed by atoms with Gasteiger partial charge in [-0.1, -0.05) is 26.0 Å². The maximum atomic E-state index is 12.5. The summed E-state index contributed by atoms with van der Waals surface area (Å²) >= 11 is 0. The van der Waals surface area contributed by atoms with Gasteiger partial charge in [0.05, 0.1) is 24.1 Å². The van der Waals surface area contributed by atoms with E-state index in [2.05, 4.69) is 10.6 Å². The predicted octanol–water partition coefficient (Wildman–Crippen LogP) is 1.55. The van der Waals surface area contributed by atoms with Crippen LogP contribution in [0.1, 0.15) is 32.4 Å². The highest BCUT2D eigenvalue weighted by Gasteiger charge is 2.21. The van der Waals surface area contributed by atoms with Crippen molar-refractivity contribution in [2.75, 3.05) is 39.9 Å². The molecule has 2 N–H and O–H groups in total. The van der Waals surface area contributed by atoms with Gasteiger partial charge in [0.25, 0.3) is 0 Å². The van der Waals surface area contributed by atoms with E-state index < -0.39 is 10.0 Å². The second-order valence-electron chi connectivity index (χ2n) is 5.62. The summed E-state index contributed by atoms with van der Waals surface area (Å²) in [6, 6.07) is 6.44. The van der Waals surface area contributed by atoms with Crippen LogP contribution in [0, 0.1) is 0 Å². The fraction of sp³-hybridized carbons (Fsp3) is 0.588. The number of sulfonamides is 1. The topological polar surface area (TPSA) is 87.7 Å². The first-order chi connectivity index (χ1) is 11.9. The highest BCUT2D eigenvalue weighted by atomic mass is 35.5. The molecule has 0 aliphatic rings. The number of hydrogen-bond donors (Lipinski definition) is 2. The smallest absolute Gasteiger partial charge is 0.243 e. The van der Waals surface area contributed by atoms with Crippen LogP contribution in [0.25, 0.3) is 0 Å². The summed E-state index contributed by atoms with van der Waals surface area (Å²) < 4.78 is 31.2. The number of carbonyl (C=O) groups excluding carboxylic acids is 1. The van der Waals surface area contributed by atoms with Crippen molar-refractivity contribution in [1.29, 1.82) is 0 Å². The predicted molar refractivity (Wildman–Crippen MR) is 105 cm³/mol. The molecule has 26 heavy (non-hydrogen) atoms. The summed E-state index contributed by atoms with van der Waals surface area (Å²) in [5.41, 5.74) is 0.851. The first kappa shape index (κ1) is 24.8. The molecule has 1 atom stereocenters. The maximum Gasteiger partial charge on any atom is 0.243 e. The van der Waals surface area contributed by atoms with Crippen LogP contribution in [-0.2, 0) is 19.6 Å². The summed E-state index contributed by atoms with van der Waals surface area (Å²) in [6.45, 7) is 7.72. The number of nitrogens with zero attached hydrogens (tertiary/aromatic N) is 1. The highest BCUT2D eigenvalue weighted by Crippen LogP contribution is 2.19. The second kappa shape index (κ2) is 12.2. The minimum atomic E-state index is -3.46. The van der Waals surface area contributed by atoms with Gasteiger partial charge in [-0.3, -0.25) is 4.79 Å². The van der Waals surface area contributed by atoms with Crippen LogP contribution in [0.3, 0.4) is 0 Å². The average molecular weight is 408 g/mol. The molecule has 1 unspecified atom stereocenters. The Labute approximate surface area is 162 Å². The second-order valence-corrected chi connectivity index (χ2v) is 7.56. The summed E-state index contributed by atoms with van der Waals surface area (Å²) in [6.07, 6.45) is 0. The van der Waals surface area contributed by atoms with Crippen molar-refractivity contribution in [1.82, 2.24) is 14.9 Å². The Kier molecular flexibility index (Phi) is 11.7. The van der Waals surface area contributed by atoms with Gasteiger partial charge in [-0.2, -0.15) is 4.31 Å². The highest BCUT2D eigenvalue weighted by molar-refractivity contribution is 7.89. The van der Waals surface area contributed by atoms with Crippen LogP contribution in [0.4, 0.5) is 0 Å². The molecule has 0 saturated heterocycles. The van der Waals surface area contributed by atoms with Gasteiger partial charge in [0.1, 0.15) is 0 Å². The minimum absolute atomic E-state index is 0. The molecular weight excluding hydrogens is 378 g/mol. The van der Waals surface area contributed by atoms with Gasteiger partial charge in [0.15, 0.2) is 0 Å². The Bertz CT molecular complexity index is 634.